The third kappa shape index (κ3) is 4.06. The minimum Gasteiger partial charge on any atom is -0.384 e. The molecular formula is C14H18OS2. The monoisotopic (exact) mass is 266 g/mol. The lowest BCUT2D eigenvalue weighted by Gasteiger charge is -2.20. The van der Waals surface area contributed by atoms with E-state index in [9.17, 15) is 0 Å². The number of thiophene rings is 1. The topological polar surface area (TPSA) is 20.2 Å². The van der Waals surface area contributed by atoms with Crippen LogP contribution >= 0.6 is 23.1 Å². The van der Waals surface area contributed by atoms with E-state index in [1.807, 2.05) is 0 Å². The van der Waals surface area contributed by atoms with Crippen molar-refractivity contribution in [3.8, 4) is 11.8 Å². The summed E-state index contributed by atoms with van der Waals surface area (Å²) in [5, 5.41) is 11.7. The van der Waals surface area contributed by atoms with Gasteiger partial charge in [-0.3, -0.25) is 0 Å². The maximum absolute atomic E-state index is 8.71. The third-order valence-corrected chi connectivity index (χ3v) is 5.55. The summed E-state index contributed by atoms with van der Waals surface area (Å²) in [4.78, 5) is 1.36. The van der Waals surface area contributed by atoms with Gasteiger partial charge < -0.3 is 5.11 Å². The fourth-order valence-corrected chi connectivity index (χ4v) is 4.42. The van der Waals surface area contributed by atoms with E-state index in [0.29, 0.717) is 0 Å². The first kappa shape index (κ1) is 13.0. The van der Waals surface area contributed by atoms with Gasteiger partial charge in [-0.15, -0.1) is 11.3 Å². The molecule has 1 aliphatic rings. The average Bonchev–Trinajstić information content (AvgIpc) is 2.82. The molecule has 1 heterocycles. The Kier molecular flexibility index (Phi) is 5.44. The summed E-state index contributed by atoms with van der Waals surface area (Å²) < 4.78 is 0. The van der Waals surface area contributed by atoms with E-state index < -0.39 is 0 Å². The van der Waals surface area contributed by atoms with Crippen molar-refractivity contribution in [2.75, 3.05) is 6.61 Å². The lowest BCUT2D eigenvalue weighted by Crippen LogP contribution is -2.08. The molecule has 1 saturated carbocycles. The lowest BCUT2D eigenvalue weighted by molar-refractivity contribution is 0.350. The van der Waals surface area contributed by atoms with Crippen LogP contribution in [0.15, 0.2) is 11.4 Å². The van der Waals surface area contributed by atoms with Crippen LogP contribution < -0.4 is 0 Å². The van der Waals surface area contributed by atoms with Crippen molar-refractivity contribution in [2.24, 2.45) is 0 Å². The van der Waals surface area contributed by atoms with Crippen molar-refractivity contribution in [3.05, 3.63) is 21.9 Å². The van der Waals surface area contributed by atoms with Crippen LogP contribution in [0.1, 0.15) is 42.5 Å². The standard InChI is InChI=1S/C14H18OS2/c15-9-4-5-12-8-10-16-14(12)11-17-13-6-2-1-3-7-13/h8,10,13,15H,1-3,6-7,9,11H2. The van der Waals surface area contributed by atoms with E-state index in [2.05, 4.69) is 35.0 Å². The molecule has 92 valence electrons. The van der Waals surface area contributed by atoms with E-state index in [4.69, 9.17) is 5.11 Å². The van der Waals surface area contributed by atoms with Gasteiger partial charge in [0.05, 0.1) is 0 Å². The largest absolute Gasteiger partial charge is 0.384 e. The van der Waals surface area contributed by atoms with Gasteiger partial charge in [0.25, 0.3) is 0 Å². The first-order valence-electron chi connectivity index (χ1n) is 6.18. The number of aliphatic hydroxyl groups excluding tert-OH is 1. The Morgan fingerprint density at radius 2 is 2.18 bits per heavy atom. The van der Waals surface area contributed by atoms with Gasteiger partial charge in [0.15, 0.2) is 0 Å². The van der Waals surface area contributed by atoms with E-state index in [1.165, 1.54) is 37.0 Å². The summed E-state index contributed by atoms with van der Waals surface area (Å²) in [7, 11) is 0. The van der Waals surface area contributed by atoms with Gasteiger partial charge in [0.2, 0.25) is 0 Å². The van der Waals surface area contributed by atoms with Gasteiger partial charge in [-0.2, -0.15) is 11.8 Å². The van der Waals surface area contributed by atoms with E-state index in [-0.39, 0.29) is 6.61 Å². The second-order valence-corrected chi connectivity index (χ2v) is 6.58. The highest BCUT2D eigenvalue weighted by molar-refractivity contribution is 7.99. The SMILES string of the molecule is OCC#Cc1ccsc1CSC1CCCCC1. The molecule has 3 heteroatoms. The molecule has 0 radical (unpaired) electrons. The molecule has 1 nitrogen and oxygen atoms in total. The Labute approximate surface area is 112 Å². The molecule has 0 aliphatic heterocycles. The smallest absolute Gasteiger partial charge is 0.104 e. The molecule has 1 aliphatic carbocycles. The molecule has 2 rings (SSSR count). The summed E-state index contributed by atoms with van der Waals surface area (Å²) in [6.45, 7) is -0.0505. The molecule has 0 bridgehead atoms. The minimum absolute atomic E-state index is 0.0505. The molecule has 1 aromatic rings. The Balaban J connectivity index is 1.87. The van der Waals surface area contributed by atoms with Crippen molar-refractivity contribution >= 4 is 23.1 Å². The number of hydrogen-bond donors (Lipinski definition) is 1. The van der Waals surface area contributed by atoms with Crippen molar-refractivity contribution in [2.45, 2.75) is 43.1 Å². The maximum Gasteiger partial charge on any atom is 0.104 e. The van der Waals surface area contributed by atoms with E-state index in [1.54, 1.807) is 11.3 Å². The van der Waals surface area contributed by atoms with Crippen LogP contribution in [0, 0.1) is 11.8 Å². The van der Waals surface area contributed by atoms with Crippen molar-refractivity contribution in [1.82, 2.24) is 0 Å². The summed E-state index contributed by atoms with van der Waals surface area (Å²) in [6, 6.07) is 2.06. The Morgan fingerprint density at radius 3 is 2.94 bits per heavy atom. The number of hydrogen-bond acceptors (Lipinski definition) is 3. The molecule has 0 aromatic carbocycles. The van der Waals surface area contributed by atoms with Crippen molar-refractivity contribution in [3.63, 3.8) is 0 Å². The zero-order valence-electron chi connectivity index (χ0n) is 9.95. The molecule has 0 amide bonds. The van der Waals surface area contributed by atoms with Gasteiger partial charge in [-0.25, -0.2) is 0 Å². The summed E-state index contributed by atoms with van der Waals surface area (Å²) in [5.41, 5.74) is 1.10. The predicted molar refractivity (Wildman–Crippen MR) is 76.5 cm³/mol. The zero-order valence-corrected chi connectivity index (χ0v) is 11.6. The average molecular weight is 266 g/mol. The van der Waals surface area contributed by atoms with Gasteiger partial charge in [-0.1, -0.05) is 31.1 Å². The lowest BCUT2D eigenvalue weighted by atomic mass is 10.0. The van der Waals surface area contributed by atoms with Crippen molar-refractivity contribution in [1.29, 1.82) is 0 Å². The fraction of sp³-hybridized carbons (Fsp3) is 0.571. The Hall–Kier alpha value is -0.430. The molecular weight excluding hydrogens is 248 g/mol. The second kappa shape index (κ2) is 7.10. The number of rotatable bonds is 3. The third-order valence-electron chi connectivity index (χ3n) is 3.05. The quantitative estimate of drug-likeness (QED) is 0.843. The van der Waals surface area contributed by atoms with Crippen LogP contribution in [-0.4, -0.2) is 17.0 Å². The number of thioether (sulfide) groups is 1. The van der Waals surface area contributed by atoms with Crippen LogP contribution in [0.25, 0.3) is 0 Å². The van der Waals surface area contributed by atoms with Gasteiger partial charge in [0, 0.05) is 21.4 Å². The molecule has 1 fully saturated rings. The molecule has 0 spiro atoms. The molecule has 1 aromatic heterocycles. The van der Waals surface area contributed by atoms with E-state index >= 15 is 0 Å². The summed E-state index contributed by atoms with van der Waals surface area (Å²) >= 11 is 3.87. The fourth-order valence-electron chi connectivity index (χ4n) is 2.12. The Morgan fingerprint density at radius 1 is 1.35 bits per heavy atom. The normalized spacial score (nSPS) is 16.5. The zero-order chi connectivity index (χ0) is 11.9. The first-order chi connectivity index (χ1) is 8.40. The van der Waals surface area contributed by atoms with Gasteiger partial charge >= 0.3 is 0 Å². The van der Waals surface area contributed by atoms with Crippen LogP contribution in [0.3, 0.4) is 0 Å². The van der Waals surface area contributed by atoms with Crippen LogP contribution in [0.4, 0.5) is 0 Å². The maximum atomic E-state index is 8.71. The van der Waals surface area contributed by atoms with Crippen LogP contribution in [0.5, 0.6) is 0 Å². The van der Waals surface area contributed by atoms with E-state index in [0.717, 1.165) is 16.6 Å². The molecule has 0 atom stereocenters. The minimum atomic E-state index is -0.0505. The van der Waals surface area contributed by atoms with Crippen LogP contribution in [0.2, 0.25) is 0 Å². The molecule has 1 N–H and O–H groups in total. The molecule has 17 heavy (non-hydrogen) atoms. The predicted octanol–water partition coefficient (Wildman–Crippen LogP) is 3.66. The summed E-state index contributed by atoms with van der Waals surface area (Å²) in [5.74, 6) is 6.84. The first-order valence-corrected chi connectivity index (χ1v) is 8.10. The van der Waals surface area contributed by atoms with Crippen LogP contribution in [-0.2, 0) is 5.75 Å². The summed E-state index contributed by atoms with van der Waals surface area (Å²) in [6.07, 6.45) is 6.99. The highest BCUT2D eigenvalue weighted by atomic mass is 32.2. The Bertz CT molecular complexity index is 394. The van der Waals surface area contributed by atoms with Crippen molar-refractivity contribution < 1.29 is 5.11 Å². The number of aliphatic hydroxyl groups is 1. The molecule has 0 unspecified atom stereocenters. The highest BCUT2D eigenvalue weighted by Crippen LogP contribution is 2.32. The highest BCUT2D eigenvalue weighted by Gasteiger charge is 2.14. The second-order valence-electron chi connectivity index (χ2n) is 4.29. The van der Waals surface area contributed by atoms with Gasteiger partial charge in [-0.05, 0) is 24.3 Å². The molecule has 0 saturated heterocycles. The van der Waals surface area contributed by atoms with Gasteiger partial charge in [0.1, 0.15) is 6.61 Å².